The molecule has 2 atom stereocenters. The maximum atomic E-state index is 14.8. The Hall–Kier alpha value is -2.61. The molecule has 13 heteroatoms. The van der Waals surface area contributed by atoms with Crippen LogP contribution in [-0.2, 0) is 15.7 Å². The van der Waals surface area contributed by atoms with Crippen LogP contribution in [0.2, 0.25) is 0 Å². The van der Waals surface area contributed by atoms with Crippen LogP contribution >= 0.6 is 0 Å². The predicted molar refractivity (Wildman–Crippen MR) is 123 cm³/mol. The van der Waals surface area contributed by atoms with E-state index in [1.54, 1.807) is 9.47 Å². The average Bonchev–Trinajstić information content (AvgIpc) is 2.99. The number of aromatic carboxylic acids is 1. The molecule has 11 nitrogen and oxygen atoms in total. The van der Waals surface area contributed by atoms with Gasteiger partial charge in [-0.1, -0.05) is 13.3 Å². The summed E-state index contributed by atoms with van der Waals surface area (Å²) in [5.41, 5.74) is 4.72. The number of hydrogen-bond acceptors (Lipinski definition) is 7. The Morgan fingerprint density at radius 2 is 1.88 bits per heavy atom. The van der Waals surface area contributed by atoms with Crippen molar-refractivity contribution in [3.63, 3.8) is 0 Å². The average molecular weight is 491 g/mol. The molecule has 2 aromatic heterocycles. The zero-order chi connectivity index (χ0) is 24.6. The standard InChI is InChI=1S/C19H25FN4O3.CH4O3S.H2O/c1-5-10-7-23(9-14(10)21)17-13(20)6-11-15(25)12(18(26)27)8-24(16(11)22-17)19(2,3)4;1-5(2,3)4;/h6,8,10,14H,5,7,9,21H2,1-4H3,(H,26,27);1H3,(H,2,3,4);1H2/t10-,14-;;/m0../s1. The van der Waals surface area contributed by atoms with Crippen LogP contribution in [-0.4, -0.2) is 64.5 Å². The van der Waals surface area contributed by atoms with E-state index in [4.69, 9.17) is 10.3 Å². The Morgan fingerprint density at radius 1 is 1.33 bits per heavy atom. The molecule has 3 heterocycles. The van der Waals surface area contributed by atoms with E-state index < -0.39 is 38.4 Å². The van der Waals surface area contributed by atoms with Crippen LogP contribution in [0.1, 0.15) is 44.5 Å². The summed E-state index contributed by atoms with van der Waals surface area (Å²) < 4.78 is 42.3. The molecule has 0 amide bonds. The minimum atomic E-state index is -3.67. The smallest absolute Gasteiger partial charge is 0.341 e. The van der Waals surface area contributed by atoms with Gasteiger partial charge in [-0.2, -0.15) is 8.42 Å². The van der Waals surface area contributed by atoms with Crippen molar-refractivity contribution in [3.8, 4) is 0 Å². The fraction of sp³-hybridized carbons (Fsp3) is 0.550. The normalized spacial score (nSPS) is 18.5. The summed E-state index contributed by atoms with van der Waals surface area (Å²) in [5.74, 6) is -1.59. The third-order valence-electron chi connectivity index (χ3n) is 5.18. The van der Waals surface area contributed by atoms with Crippen LogP contribution in [0.15, 0.2) is 17.1 Å². The van der Waals surface area contributed by atoms with E-state index in [0.29, 0.717) is 19.3 Å². The number of carboxylic acid groups (broad SMARTS) is 1. The number of fused-ring (bicyclic) bond motifs is 1. The van der Waals surface area contributed by atoms with Crippen LogP contribution in [0, 0.1) is 11.7 Å². The van der Waals surface area contributed by atoms with E-state index in [-0.39, 0.29) is 34.3 Å². The molecular weight excluding hydrogens is 459 g/mol. The molecule has 3 rings (SSSR count). The lowest BCUT2D eigenvalue weighted by Gasteiger charge is -2.26. The number of hydrogen-bond donors (Lipinski definition) is 3. The van der Waals surface area contributed by atoms with E-state index in [1.165, 1.54) is 6.20 Å². The molecule has 2 aromatic rings. The third-order valence-corrected chi connectivity index (χ3v) is 5.18. The van der Waals surface area contributed by atoms with Gasteiger partial charge in [-0.3, -0.25) is 9.35 Å². The van der Waals surface area contributed by atoms with Crippen molar-refractivity contribution in [3.05, 3.63) is 33.9 Å². The minimum absolute atomic E-state index is 0. The van der Waals surface area contributed by atoms with Crippen LogP contribution in [0.4, 0.5) is 10.2 Å². The molecule has 0 unspecified atom stereocenters. The molecule has 1 aliphatic heterocycles. The van der Waals surface area contributed by atoms with Crippen LogP contribution in [0.3, 0.4) is 0 Å². The lowest BCUT2D eigenvalue weighted by atomic mass is 10.0. The molecule has 0 aromatic carbocycles. The Kier molecular flexibility index (Phi) is 8.71. The summed E-state index contributed by atoms with van der Waals surface area (Å²) >= 11 is 0. The molecule has 0 bridgehead atoms. The largest absolute Gasteiger partial charge is 0.477 e. The van der Waals surface area contributed by atoms with E-state index in [9.17, 15) is 27.5 Å². The number of rotatable bonds is 3. The summed E-state index contributed by atoms with van der Waals surface area (Å²) in [6.45, 7) is 8.73. The summed E-state index contributed by atoms with van der Waals surface area (Å²) in [5, 5.41) is 9.31. The van der Waals surface area contributed by atoms with Crippen LogP contribution in [0.5, 0.6) is 0 Å². The molecule has 186 valence electrons. The van der Waals surface area contributed by atoms with Gasteiger partial charge in [-0.15, -0.1) is 0 Å². The molecule has 0 radical (unpaired) electrons. The number of anilines is 1. The fourth-order valence-corrected chi connectivity index (χ4v) is 3.60. The van der Waals surface area contributed by atoms with Crippen molar-refractivity contribution in [2.45, 2.75) is 45.7 Å². The monoisotopic (exact) mass is 490 g/mol. The first-order chi connectivity index (χ1) is 14.5. The number of nitrogens with zero attached hydrogens (tertiary/aromatic N) is 3. The van der Waals surface area contributed by atoms with Gasteiger partial charge in [-0.05, 0) is 32.8 Å². The number of carbonyl (C=O) groups is 1. The molecule has 1 fully saturated rings. The van der Waals surface area contributed by atoms with Crippen LogP contribution < -0.4 is 16.1 Å². The van der Waals surface area contributed by atoms with Gasteiger partial charge in [0.2, 0.25) is 5.43 Å². The van der Waals surface area contributed by atoms with E-state index in [2.05, 4.69) is 4.98 Å². The molecule has 1 saturated heterocycles. The second-order valence-electron chi connectivity index (χ2n) is 8.85. The first kappa shape index (κ1) is 28.4. The first-order valence-electron chi connectivity index (χ1n) is 9.97. The summed E-state index contributed by atoms with van der Waals surface area (Å²) in [6.07, 6.45) is 2.89. The predicted octanol–water partition coefficient (Wildman–Crippen LogP) is 0.842. The molecule has 1 aliphatic rings. The Morgan fingerprint density at radius 3 is 2.30 bits per heavy atom. The number of pyridine rings is 2. The quantitative estimate of drug-likeness (QED) is 0.524. The lowest BCUT2D eigenvalue weighted by molar-refractivity contribution is 0.0694. The zero-order valence-corrected chi connectivity index (χ0v) is 20.0. The van der Waals surface area contributed by atoms with Crippen molar-refractivity contribution >= 4 is 32.9 Å². The molecule has 0 spiro atoms. The van der Waals surface area contributed by atoms with Gasteiger partial charge < -0.3 is 25.8 Å². The number of aromatic nitrogens is 2. The van der Waals surface area contributed by atoms with E-state index in [0.717, 1.165) is 12.5 Å². The fourth-order valence-electron chi connectivity index (χ4n) is 3.60. The van der Waals surface area contributed by atoms with Crippen molar-refractivity contribution in [1.82, 2.24) is 9.55 Å². The third kappa shape index (κ3) is 6.69. The molecular formula is C20H31FN4O7S. The highest BCUT2D eigenvalue weighted by atomic mass is 32.2. The zero-order valence-electron chi connectivity index (χ0n) is 19.2. The van der Waals surface area contributed by atoms with Gasteiger partial charge in [0.1, 0.15) is 11.2 Å². The van der Waals surface area contributed by atoms with Crippen molar-refractivity contribution < 1.29 is 32.7 Å². The van der Waals surface area contributed by atoms with Gasteiger partial charge in [-0.25, -0.2) is 14.2 Å². The minimum Gasteiger partial charge on any atom is -0.477 e. The highest BCUT2D eigenvalue weighted by Gasteiger charge is 2.32. The summed E-state index contributed by atoms with van der Waals surface area (Å²) in [6, 6.07) is 1.03. The van der Waals surface area contributed by atoms with Gasteiger partial charge in [0.05, 0.1) is 11.6 Å². The topological polar surface area (TPSA) is 187 Å². The Labute approximate surface area is 191 Å². The number of halogens is 1. The molecule has 33 heavy (non-hydrogen) atoms. The Balaban J connectivity index is 0.000000821. The SMILES string of the molecule is CC[C@H]1CN(c2nc3c(cc2F)c(=O)c(C(=O)O)cn3C(C)(C)C)C[C@@H]1N.CS(=O)(=O)O.O. The van der Waals surface area contributed by atoms with Gasteiger partial charge in [0.25, 0.3) is 10.1 Å². The molecule has 6 N–H and O–H groups in total. The second-order valence-corrected chi connectivity index (χ2v) is 10.3. The number of nitrogens with two attached hydrogens (primary N) is 1. The van der Waals surface area contributed by atoms with Crippen molar-refractivity contribution in [2.24, 2.45) is 11.7 Å². The second kappa shape index (κ2) is 10.1. The first-order valence-corrected chi connectivity index (χ1v) is 11.8. The van der Waals surface area contributed by atoms with Crippen molar-refractivity contribution in [2.75, 3.05) is 24.2 Å². The van der Waals surface area contributed by atoms with Gasteiger partial charge in [0, 0.05) is 30.9 Å². The summed E-state index contributed by atoms with van der Waals surface area (Å²) in [4.78, 5) is 30.3. The summed E-state index contributed by atoms with van der Waals surface area (Å²) in [7, 11) is -3.67. The Bertz CT molecular complexity index is 1180. The maximum Gasteiger partial charge on any atom is 0.341 e. The van der Waals surface area contributed by atoms with Crippen LogP contribution in [0.25, 0.3) is 11.0 Å². The lowest BCUT2D eigenvalue weighted by Crippen LogP contribution is -2.31. The highest BCUT2D eigenvalue weighted by molar-refractivity contribution is 7.85. The van der Waals surface area contributed by atoms with E-state index in [1.807, 2.05) is 27.7 Å². The van der Waals surface area contributed by atoms with E-state index >= 15 is 0 Å². The van der Waals surface area contributed by atoms with Gasteiger partial charge in [0.15, 0.2) is 11.6 Å². The highest BCUT2D eigenvalue weighted by Crippen LogP contribution is 2.29. The molecule has 0 aliphatic carbocycles. The number of carboxylic acids is 1. The maximum absolute atomic E-state index is 14.8. The van der Waals surface area contributed by atoms with Crippen molar-refractivity contribution in [1.29, 1.82) is 0 Å². The molecule has 0 saturated carbocycles. The van der Waals surface area contributed by atoms with Gasteiger partial charge >= 0.3 is 5.97 Å².